The van der Waals surface area contributed by atoms with Gasteiger partial charge in [0.05, 0.1) is 0 Å². The summed E-state index contributed by atoms with van der Waals surface area (Å²) >= 11 is 0. The van der Waals surface area contributed by atoms with Crippen molar-refractivity contribution in [3.63, 3.8) is 0 Å². The number of pyridine rings is 1. The highest BCUT2D eigenvalue weighted by Crippen LogP contribution is 2.34. The zero-order valence-corrected chi connectivity index (χ0v) is 11.7. The fourth-order valence-electron chi connectivity index (χ4n) is 1.87. The second kappa shape index (κ2) is 7.02. The second-order valence-corrected chi connectivity index (χ2v) is 4.11. The molecule has 4 heteroatoms. The van der Waals surface area contributed by atoms with Gasteiger partial charge in [-0.05, 0) is 23.6 Å². The van der Waals surface area contributed by atoms with Crippen LogP contribution in [0, 0.1) is 5.82 Å². The Morgan fingerprint density at radius 3 is 2.47 bits per heavy atom. The molecule has 2 aromatic rings. The maximum absolute atomic E-state index is 13.6. The van der Waals surface area contributed by atoms with Crippen LogP contribution in [0.15, 0.2) is 24.5 Å². The van der Waals surface area contributed by atoms with Crippen molar-refractivity contribution in [2.75, 3.05) is 6.86 Å². The van der Waals surface area contributed by atoms with E-state index in [1.165, 1.54) is 6.07 Å². The first kappa shape index (κ1) is 15.3. The molecule has 1 heterocycles. The van der Waals surface area contributed by atoms with Gasteiger partial charge in [-0.15, -0.1) is 0 Å². The zero-order valence-electron chi connectivity index (χ0n) is 11.7. The van der Waals surface area contributed by atoms with Crippen LogP contribution in [0.25, 0.3) is 10.8 Å². The third kappa shape index (κ3) is 3.19. The molecule has 0 amide bonds. The number of aromatic nitrogens is 1. The lowest BCUT2D eigenvalue weighted by Crippen LogP contribution is -1.99. The Morgan fingerprint density at radius 2 is 1.89 bits per heavy atom. The van der Waals surface area contributed by atoms with E-state index < -0.39 is 12.7 Å². The van der Waals surface area contributed by atoms with Gasteiger partial charge < -0.3 is 4.74 Å². The minimum Gasteiger partial charge on any atom is -0.459 e. The van der Waals surface area contributed by atoms with E-state index in [4.69, 9.17) is 4.74 Å². The highest BCUT2D eigenvalue weighted by molar-refractivity contribution is 5.91. The molecule has 0 N–H and O–H groups in total. The number of rotatable bonds is 3. The molecule has 0 radical (unpaired) electrons. The number of benzene rings is 1. The number of halogens is 2. The molecule has 1 aromatic heterocycles. The molecule has 0 spiro atoms. The van der Waals surface area contributed by atoms with Crippen LogP contribution in [0.2, 0.25) is 0 Å². The first-order valence-electron chi connectivity index (χ1n) is 6.40. The number of fused-ring (bicyclic) bond motifs is 1. The van der Waals surface area contributed by atoms with E-state index in [-0.39, 0.29) is 11.7 Å². The molecule has 2 nitrogen and oxygen atoms in total. The molecule has 0 aliphatic rings. The fourth-order valence-corrected chi connectivity index (χ4v) is 1.87. The van der Waals surface area contributed by atoms with Crippen LogP contribution in [-0.4, -0.2) is 11.8 Å². The lowest BCUT2D eigenvalue weighted by molar-refractivity contribution is 0.186. The van der Waals surface area contributed by atoms with Gasteiger partial charge in [-0.25, -0.2) is 8.78 Å². The van der Waals surface area contributed by atoms with Crippen LogP contribution in [0.4, 0.5) is 8.78 Å². The number of hydrogen-bond donors (Lipinski definition) is 0. The van der Waals surface area contributed by atoms with E-state index in [2.05, 4.69) is 4.98 Å². The van der Waals surface area contributed by atoms with Gasteiger partial charge in [-0.2, -0.15) is 0 Å². The van der Waals surface area contributed by atoms with Gasteiger partial charge in [0.2, 0.25) is 6.86 Å². The van der Waals surface area contributed by atoms with Crippen molar-refractivity contribution in [2.45, 2.75) is 33.6 Å². The van der Waals surface area contributed by atoms with Crippen LogP contribution in [0.3, 0.4) is 0 Å². The molecule has 2 rings (SSSR count). The van der Waals surface area contributed by atoms with Gasteiger partial charge in [-0.3, -0.25) is 4.98 Å². The Kier molecular flexibility index (Phi) is 5.67. The first-order chi connectivity index (χ1) is 9.15. The molecule has 0 aliphatic heterocycles. The SMILES string of the molecule is CC.CC(C)c1cncc2ccc(F)c(OCF)c12. The third-order valence-corrected chi connectivity index (χ3v) is 2.68. The van der Waals surface area contributed by atoms with Crippen molar-refractivity contribution in [3.05, 3.63) is 35.9 Å². The summed E-state index contributed by atoms with van der Waals surface area (Å²) in [4.78, 5) is 4.09. The summed E-state index contributed by atoms with van der Waals surface area (Å²) in [5.41, 5.74) is 0.852. The normalized spacial score (nSPS) is 10.3. The van der Waals surface area contributed by atoms with Crippen LogP contribution in [0.1, 0.15) is 39.2 Å². The number of hydrogen-bond acceptors (Lipinski definition) is 2. The molecular formula is C15H19F2NO. The topological polar surface area (TPSA) is 22.1 Å². The van der Waals surface area contributed by atoms with Crippen LogP contribution >= 0.6 is 0 Å². The Hall–Kier alpha value is -1.71. The summed E-state index contributed by atoms with van der Waals surface area (Å²) in [5, 5.41) is 1.36. The predicted molar refractivity (Wildman–Crippen MR) is 73.7 cm³/mol. The fraction of sp³-hybridized carbons (Fsp3) is 0.400. The Balaban J connectivity index is 0.000000861. The molecule has 0 fully saturated rings. The van der Waals surface area contributed by atoms with Crippen LogP contribution in [0.5, 0.6) is 5.75 Å². The van der Waals surface area contributed by atoms with E-state index in [1.54, 1.807) is 18.5 Å². The highest BCUT2D eigenvalue weighted by Gasteiger charge is 2.15. The quantitative estimate of drug-likeness (QED) is 0.794. The molecule has 0 atom stereocenters. The second-order valence-electron chi connectivity index (χ2n) is 4.11. The van der Waals surface area contributed by atoms with E-state index in [1.807, 2.05) is 27.7 Å². The van der Waals surface area contributed by atoms with Gasteiger partial charge in [0, 0.05) is 23.2 Å². The maximum Gasteiger partial charge on any atom is 0.228 e. The predicted octanol–water partition coefficient (Wildman–Crippen LogP) is 4.83. The van der Waals surface area contributed by atoms with Gasteiger partial charge in [-0.1, -0.05) is 27.7 Å². The van der Waals surface area contributed by atoms with Crippen molar-refractivity contribution >= 4 is 10.8 Å². The maximum atomic E-state index is 13.6. The van der Waals surface area contributed by atoms with Crippen molar-refractivity contribution in [1.82, 2.24) is 4.98 Å². The Labute approximate surface area is 112 Å². The highest BCUT2D eigenvalue weighted by atomic mass is 19.1. The molecule has 1 aromatic carbocycles. The van der Waals surface area contributed by atoms with E-state index in [0.717, 1.165) is 10.9 Å². The van der Waals surface area contributed by atoms with E-state index >= 15 is 0 Å². The number of alkyl halides is 1. The molecule has 19 heavy (non-hydrogen) atoms. The third-order valence-electron chi connectivity index (χ3n) is 2.68. The summed E-state index contributed by atoms with van der Waals surface area (Å²) in [6.45, 7) is 6.90. The molecule has 104 valence electrons. The molecule has 0 unspecified atom stereocenters. The minimum atomic E-state index is -1.05. The largest absolute Gasteiger partial charge is 0.459 e. The van der Waals surface area contributed by atoms with Gasteiger partial charge in [0.15, 0.2) is 11.6 Å². The summed E-state index contributed by atoms with van der Waals surface area (Å²) in [6.07, 6.45) is 3.28. The number of nitrogens with zero attached hydrogens (tertiary/aromatic N) is 1. The molecule has 0 saturated carbocycles. The Morgan fingerprint density at radius 1 is 1.21 bits per heavy atom. The minimum absolute atomic E-state index is 0.0314. The standard InChI is InChI=1S/C13H13F2NO.C2H6/c1-8(2)10-6-16-5-9-3-4-11(15)13(12(9)10)17-7-14;1-2/h3-6,8H,7H2,1-2H3;1-2H3. The molecule has 0 aliphatic carbocycles. The lowest BCUT2D eigenvalue weighted by Gasteiger charge is -2.13. The van der Waals surface area contributed by atoms with Gasteiger partial charge >= 0.3 is 0 Å². The van der Waals surface area contributed by atoms with E-state index in [0.29, 0.717) is 5.39 Å². The lowest BCUT2D eigenvalue weighted by atomic mass is 9.98. The first-order valence-corrected chi connectivity index (χ1v) is 6.40. The monoisotopic (exact) mass is 267 g/mol. The number of ether oxygens (including phenoxy) is 1. The van der Waals surface area contributed by atoms with Crippen molar-refractivity contribution in [3.8, 4) is 5.75 Å². The summed E-state index contributed by atoms with van der Waals surface area (Å²) < 4.78 is 30.7. The van der Waals surface area contributed by atoms with E-state index in [9.17, 15) is 8.78 Å². The van der Waals surface area contributed by atoms with Gasteiger partial charge in [0.1, 0.15) is 0 Å². The average Bonchev–Trinajstić information content (AvgIpc) is 2.43. The Bertz CT molecular complexity index is 541. The smallest absolute Gasteiger partial charge is 0.228 e. The molecule has 0 bridgehead atoms. The summed E-state index contributed by atoms with van der Waals surface area (Å²) in [7, 11) is 0. The molecular weight excluding hydrogens is 248 g/mol. The van der Waals surface area contributed by atoms with Crippen LogP contribution in [-0.2, 0) is 0 Å². The van der Waals surface area contributed by atoms with Crippen molar-refractivity contribution in [2.24, 2.45) is 0 Å². The van der Waals surface area contributed by atoms with Crippen LogP contribution < -0.4 is 4.74 Å². The zero-order chi connectivity index (χ0) is 14.4. The van der Waals surface area contributed by atoms with Crippen molar-refractivity contribution in [1.29, 1.82) is 0 Å². The molecule has 0 saturated heterocycles. The summed E-state index contributed by atoms with van der Waals surface area (Å²) in [6, 6.07) is 2.88. The average molecular weight is 267 g/mol. The van der Waals surface area contributed by atoms with Gasteiger partial charge in [0.25, 0.3) is 0 Å². The van der Waals surface area contributed by atoms with Crippen molar-refractivity contribution < 1.29 is 13.5 Å². The summed E-state index contributed by atoms with van der Waals surface area (Å²) in [5.74, 6) is -0.422.